The van der Waals surface area contributed by atoms with Crippen LogP contribution in [0.15, 0.2) is 30.3 Å². The van der Waals surface area contributed by atoms with Gasteiger partial charge in [-0.05, 0) is 32.3 Å². The Morgan fingerprint density at radius 2 is 1.82 bits per heavy atom. The number of morpholine rings is 1. The second-order valence-corrected chi connectivity index (χ2v) is 7.98. The van der Waals surface area contributed by atoms with Crippen molar-refractivity contribution >= 4 is 17.7 Å². The third kappa shape index (κ3) is 3.90. The molecule has 1 saturated carbocycles. The molecule has 152 valence electrons. The first-order valence-electron chi connectivity index (χ1n) is 9.95. The van der Waals surface area contributed by atoms with E-state index in [1.807, 2.05) is 44.2 Å². The molecule has 0 radical (unpaired) electrons. The number of nitrogens with two attached hydrogens (primary N) is 1. The zero-order valence-electron chi connectivity index (χ0n) is 16.5. The molecule has 1 aliphatic carbocycles. The van der Waals surface area contributed by atoms with Crippen molar-refractivity contribution in [2.45, 2.75) is 69.7 Å². The van der Waals surface area contributed by atoms with Crippen molar-refractivity contribution in [1.29, 1.82) is 0 Å². The molecule has 2 fully saturated rings. The van der Waals surface area contributed by atoms with Gasteiger partial charge in [-0.1, -0.05) is 49.6 Å². The monoisotopic (exact) mass is 387 g/mol. The van der Waals surface area contributed by atoms with Gasteiger partial charge in [0.25, 0.3) is 5.91 Å². The molecule has 1 aromatic carbocycles. The molecule has 3 N–H and O–H groups in total. The normalized spacial score (nSPS) is 24.8. The number of amides is 3. The first-order valence-corrected chi connectivity index (χ1v) is 9.95. The molecule has 0 spiro atoms. The van der Waals surface area contributed by atoms with Crippen molar-refractivity contribution in [1.82, 2.24) is 10.2 Å². The molecule has 2 aliphatic rings. The second kappa shape index (κ2) is 8.31. The van der Waals surface area contributed by atoms with E-state index in [9.17, 15) is 14.4 Å². The fourth-order valence-corrected chi connectivity index (χ4v) is 4.34. The maximum atomic E-state index is 13.3. The molecule has 28 heavy (non-hydrogen) atoms. The van der Waals surface area contributed by atoms with E-state index in [0.717, 1.165) is 24.8 Å². The molecule has 2 atom stereocenters. The Labute approximate surface area is 165 Å². The number of ether oxygens (including phenoxy) is 1. The molecule has 1 heterocycles. The number of rotatable bonds is 5. The van der Waals surface area contributed by atoms with Crippen LogP contribution in [0, 0.1) is 0 Å². The Morgan fingerprint density at radius 3 is 2.39 bits per heavy atom. The summed E-state index contributed by atoms with van der Waals surface area (Å²) < 4.78 is 5.71. The Bertz CT molecular complexity index is 728. The van der Waals surface area contributed by atoms with Crippen LogP contribution in [-0.4, -0.2) is 46.9 Å². The van der Waals surface area contributed by atoms with Crippen molar-refractivity contribution in [2.24, 2.45) is 5.73 Å². The molecule has 0 unspecified atom stereocenters. The average molecular weight is 387 g/mol. The minimum absolute atomic E-state index is 0.100. The topological polar surface area (TPSA) is 102 Å². The molecule has 1 aromatic rings. The largest absolute Gasteiger partial charge is 0.368 e. The Morgan fingerprint density at radius 1 is 1.18 bits per heavy atom. The van der Waals surface area contributed by atoms with Gasteiger partial charge < -0.3 is 20.7 Å². The van der Waals surface area contributed by atoms with Gasteiger partial charge in [-0.3, -0.25) is 14.4 Å². The maximum absolute atomic E-state index is 13.3. The summed E-state index contributed by atoms with van der Waals surface area (Å²) >= 11 is 0. The Hall–Kier alpha value is -2.41. The number of benzene rings is 1. The highest BCUT2D eigenvalue weighted by atomic mass is 16.5. The third-order valence-electron chi connectivity index (χ3n) is 5.76. The van der Waals surface area contributed by atoms with Gasteiger partial charge in [0, 0.05) is 6.04 Å². The predicted octanol–water partition coefficient (Wildman–Crippen LogP) is 1.67. The van der Waals surface area contributed by atoms with Gasteiger partial charge in [0.15, 0.2) is 6.10 Å². The summed E-state index contributed by atoms with van der Waals surface area (Å²) in [6.07, 6.45) is 2.86. The fourth-order valence-electron chi connectivity index (χ4n) is 4.34. The summed E-state index contributed by atoms with van der Waals surface area (Å²) in [6, 6.07) is 8.72. The lowest BCUT2D eigenvalue weighted by Crippen LogP contribution is -2.63. The van der Waals surface area contributed by atoms with Crippen molar-refractivity contribution < 1.29 is 19.1 Å². The summed E-state index contributed by atoms with van der Waals surface area (Å²) in [5, 5.41) is 2.90. The minimum Gasteiger partial charge on any atom is -0.368 e. The third-order valence-corrected chi connectivity index (χ3v) is 5.76. The maximum Gasteiger partial charge on any atom is 0.252 e. The Balaban J connectivity index is 1.92. The van der Waals surface area contributed by atoms with Gasteiger partial charge in [0.1, 0.15) is 12.1 Å². The number of nitrogens with zero attached hydrogens (tertiary/aromatic N) is 1. The van der Waals surface area contributed by atoms with Crippen LogP contribution in [0.2, 0.25) is 0 Å². The lowest BCUT2D eigenvalue weighted by Gasteiger charge is -2.44. The number of hydrogen-bond donors (Lipinski definition) is 2. The number of carbonyl (C=O) groups is 3. The van der Waals surface area contributed by atoms with Gasteiger partial charge in [-0.25, -0.2) is 0 Å². The van der Waals surface area contributed by atoms with Gasteiger partial charge in [0.2, 0.25) is 11.8 Å². The minimum atomic E-state index is -1.04. The van der Waals surface area contributed by atoms with E-state index in [0.29, 0.717) is 12.8 Å². The molecule has 1 aliphatic heterocycles. The van der Waals surface area contributed by atoms with E-state index in [2.05, 4.69) is 5.32 Å². The van der Waals surface area contributed by atoms with Gasteiger partial charge >= 0.3 is 0 Å². The smallest absolute Gasteiger partial charge is 0.252 e. The van der Waals surface area contributed by atoms with Crippen LogP contribution in [0.5, 0.6) is 0 Å². The summed E-state index contributed by atoms with van der Waals surface area (Å²) in [4.78, 5) is 39.7. The SMILES string of the molecule is CC(C)N1C(=O)CO[C@H](C(=O)NC2(C(N)=O)CCCCC2)[C@H]1c1ccccc1. The van der Waals surface area contributed by atoms with E-state index in [1.54, 1.807) is 4.90 Å². The quantitative estimate of drug-likeness (QED) is 0.802. The molecular formula is C21H29N3O4. The summed E-state index contributed by atoms with van der Waals surface area (Å²) in [6.45, 7) is 3.67. The highest BCUT2D eigenvalue weighted by Gasteiger charge is 2.46. The van der Waals surface area contributed by atoms with Crippen LogP contribution in [-0.2, 0) is 19.1 Å². The lowest BCUT2D eigenvalue weighted by atomic mass is 9.80. The zero-order valence-corrected chi connectivity index (χ0v) is 16.5. The number of hydrogen-bond acceptors (Lipinski definition) is 4. The summed E-state index contributed by atoms with van der Waals surface area (Å²) in [5.41, 5.74) is 5.45. The van der Waals surface area contributed by atoms with E-state index in [-0.39, 0.29) is 18.6 Å². The van der Waals surface area contributed by atoms with Gasteiger partial charge in [-0.15, -0.1) is 0 Å². The van der Waals surface area contributed by atoms with E-state index >= 15 is 0 Å². The Kier molecular flexibility index (Phi) is 6.03. The van der Waals surface area contributed by atoms with Crippen LogP contribution in [0.3, 0.4) is 0 Å². The molecule has 0 aromatic heterocycles. The van der Waals surface area contributed by atoms with Crippen LogP contribution in [0.25, 0.3) is 0 Å². The van der Waals surface area contributed by atoms with Crippen molar-refractivity contribution in [3.8, 4) is 0 Å². The van der Waals surface area contributed by atoms with Gasteiger partial charge in [0.05, 0.1) is 6.04 Å². The summed E-state index contributed by atoms with van der Waals surface area (Å²) in [5.74, 6) is -1.06. The molecule has 1 saturated heterocycles. The first kappa shape index (κ1) is 20.3. The zero-order chi connectivity index (χ0) is 20.3. The van der Waals surface area contributed by atoms with Gasteiger partial charge in [-0.2, -0.15) is 0 Å². The highest BCUT2D eigenvalue weighted by molar-refractivity contribution is 5.93. The van der Waals surface area contributed by atoms with Crippen molar-refractivity contribution in [3.05, 3.63) is 35.9 Å². The van der Waals surface area contributed by atoms with Crippen LogP contribution in [0.1, 0.15) is 57.6 Å². The lowest BCUT2D eigenvalue weighted by molar-refractivity contribution is -0.168. The molecule has 0 bridgehead atoms. The highest BCUT2D eigenvalue weighted by Crippen LogP contribution is 2.34. The van der Waals surface area contributed by atoms with Crippen LogP contribution < -0.4 is 11.1 Å². The molecule has 3 amide bonds. The number of primary amides is 1. The van der Waals surface area contributed by atoms with E-state index in [1.165, 1.54) is 0 Å². The molecule has 7 nitrogen and oxygen atoms in total. The number of carbonyl (C=O) groups excluding carboxylic acids is 3. The first-order chi connectivity index (χ1) is 13.4. The standard InChI is InChI=1S/C21H29N3O4/c1-14(2)24-16(25)13-28-18(17(24)15-9-5-3-6-10-15)19(26)23-21(20(22)27)11-7-4-8-12-21/h3,5-6,9-10,14,17-18H,4,7-8,11-13H2,1-2H3,(H2,22,27)(H,23,26)/t17-,18+/m1/s1. The molecule has 3 rings (SSSR count). The van der Waals surface area contributed by atoms with Crippen LogP contribution in [0.4, 0.5) is 0 Å². The van der Waals surface area contributed by atoms with Crippen molar-refractivity contribution in [3.63, 3.8) is 0 Å². The molecular weight excluding hydrogens is 358 g/mol. The van der Waals surface area contributed by atoms with Crippen molar-refractivity contribution in [2.75, 3.05) is 6.61 Å². The summed E-state index contributed by atoms with van der Waals surface area (Å²) in [7, 11) is 0. The average Bonchev–Trinajstić information content (AvgIpc) is 2.68. The predicted molar refractivity (Wildman–Crippen MR) is 104 cm³/mol. The number of nitrogens with one attached hydrogen (secondary N) is 1. The molecule has 7 heteroatoms. The van der Waals surface area contributed by atoms with Crippen LogP contribution >= 0.6 is 0 Å². The van der Waals surface area contributed by atoms with E-state index < -0.39 is 29.5 Å². The second-order valence-electron chi connectivity index (χ2n) is 7.98. The fraction of sp³-hybridized carbons (Fsp3) is 0.571. The van der Waals surface area contributed by atoms with E-state index in [4.69, 9.17) is 10.5 Å².